The van der Waals surface area contributed by atoms with E-state index < -0.39 is 0 Å². The van der Waals surface area contributed by atoms with Gasteiger partial charge in [-0.1, -0.05) is 26.8 Å². The van der Waals surface area contributed by atoms with Crippen LogP contribution in [0.5, 0.6) is 0 Å². The molecule has 84 valence electrons. The third-order valence-electron chi connectivity index (χ3n) is 2.28. The van der Waals surface area contributed by atoms with Gasteiger partial charge < -0.3 is 4.42 Å². The van der Waals surface area contributed by atoms with E-state index in [1.165, 1.54) is 0 Å². The summed E-state index contributed by atoms with van der Waals surface area (Å²) in [4.78, 5) is 8.55. The molecule has 0 aliphatic rings. The Morgan fingerprint density at radius 3 is 2.56 bits per heavy atom. The van der Waals surface area contributed by atoms with Crippen LogP contribution >= 0.6 is 0 Å². The number of oxazole rings is 1. The Balaban J connectivity index is 2.15. The van der Waals surface area contributed by atoms with Crippen molar-refractivity contribution in [3.05, 3.63) is 47.9 Å². The van der Waals surface area contributed by atoms with E-state index in [4.69, 9.17) is 4.42 Å². The Morgan fingerprint density at radius 2 is 2.00 bits per heavy atom. The lowest BCUT2D eigenvalue weighted by Crippen LogP contribution is -2.10. The van der Waals surface area contributed by atoms with Gasteiger partial charge in [-0.05, 0) is 12.1 Å². The molecule has 16 heavy (non-hydrogen) atoms. The molecule has 0 fully saturated rings. The molecule has 0 radical (unpaired) electrons. The Kier molecular flexibility index (Phi) is 2.77. The second-order valence-electron chi connectivity index (χ2n) is 4.88. The van der Waals surface area contributed by atoms with Crippen molar-refractivity contribution in [3.8, 4) is 0 Å². The smallest absolute Gasteiger partial charge is 0.199 e. The van der Waals surface area contributed by atoms with E-state index in [0.717, 1.165) is 17.3 Å². The molecule has 2 aromatic rings. The fraction of sp³-hybridized carbons (Fsp3) is 0.385. The number of aromatic nitrogens is 2. The summed E-state index contributed by atoms with van der Waals surface area (Å²) in [6.07, 6.45) is 4.27. The summed E-state index contributed by atoms with van der Waals surface area (Å²) in [7, 11) is 0. The molecule has 3 heteroatoms. The number of nitrogens with zero attached hydrogens (tertiary/aromatic N) is 2. The van der Waals surface area contributed by atoms with Gasteiger partial charge >= 0.3 is 0 Å². The van der Waals surface area contributed by atoms with Crippen LogP contribution < -0.4 is 0 Å². The van der Waals surface area contributed by atoms with Gasteiger partial charge in [0.1, 0.15) is 5.76 Å². The predicted molar refractivity (Wildman–Crippen MR) is 62.2 cm³/mol. The third-order valence-corrected chi connectivity index (χ3v) is 2.28. The molecule has 0 aromatic carbocycles. The highest BCUT2D eigenvalue weighted by Gasteiger charge is 2.20. The highest BCUT2D eigenvalue weighted by molar-refractivity contribution is 5.12. The highest BCUT2D eigenvalue weighted by Crippen LogP contribution is 2.22. The van der Waals surface area contributed by atoms with Gasteiger partial charge in [0.2, 0.25) is 0 Å². The molecule has 0 aliphatic heterocycles. The van der Waals surface area contributed by atoms with Crippen molar-refractivity contribution in [3.63, 3.8) is 0 Å². The zero-order chi connectivity index (χ0) is 11.6. The Bertz CT molecular complexity index is 454. The first-order valence-electron chi connectivity index (χ1n) is 5.41. The lowest BCUT2D eigenvalue weighted by molar-refractivity contribution is 0.375. The minimum absolute atomic E-state index is 0.0393. The van der Waals surface area contributed by atoms with E-state index in [1.807, 2.05) is 18.2 Å². The van der Waals surface area contributed by atoms with Crippen molar-refractivity contribution in [1.29, 1.82) is 0 Å². The minimum Gasteiger partial charge on any atom is -0.445 e. The van der Waals surface area contributed by atoms with Crippen LogP contribution in [0, 0.1) is 0 Å². The Hall–Kier alpha value is -1.64. The maximum Gasteiger partial charge on any atom is 0.199 e. The van der Waals surface area contributed by atoms with Crippen molar-refractivity contribution in [1.82, 2.24) is 9.97 Å². The summed E-state index contributed by atoms with van der Waals surface area (Å²) in [5, 5.41) is 0. The number of rotatable bonds is 2. The highest BCUT2D eigenvalue weighted by atomic mass is 16.4. The number of hydrogen-bond acceptors (Lipinski definition) is 3. The SMILES string of the molecule is CC(C)(C)c1ncc(Cc2ccccn2)o1. The first-order chi connectivity index (χ1) is 7.55. The molecule has 0 bridgehead atoms. The van der Waals surface area contributed by atoms with E-state index >= 15 is 0 Å². The molecule has 3 nitrogen and oxygen atoms in total. The molecule has 0 atom stereocenters. The van der Waals surface area contributed by atoms with Crippen molar-refractivity contribution in [2.24, 2.45) is 0 Å². The van der Waals surface area contributed by atoms with Gasteiger partial charge in [0, 0.05) is 23.7 Å². The topological polar surface area (TPSA) is 38.9 Å². The molecule has 0 unspecified atom stereocenters. The van der Waals surface area contributed by atoms with E-state index in [1.54, 1.807) is 12.4 Å². The molecule has 0 amide bonds. The molecule has 0 aliphatic carbocycles. The molecule has 2 aromatic heterocycles. The predicted octanol–water partition coefficient (Wildman–Crippen LogP) is 2.96. The lowest BCUT2D eigenvalue weighted by Gasteiger charge is -2.12. The van der Waals surface area contributed by atoms with Crippen LogP contribution in [0.2, 0.25) is 0 Å². The zero-order valence-electron chi connectivity index (χ0n) is 9.90. The summed E-state index contributed by atoms with van der Waals surface area (Å²) in [5.74, 6) is 1.64. The third kappa shape index (κ3) is 2.48. The van der Waals surface area contributed by atoms with Crippen LogP contribution in [-0.4, -0.2) is 9.97 Å². The van der Waals surface area contributed by atoms with Gasteiger partial charge in [0.15, 0.2) is 5.89 Å². The van der Waals surface area contributed by atoms with Gasteiger partial charge in [-0.25, -0.2) is 4.98 Å². The summed E-state index contributed by atoms with van der Waals surface area (Å²) in [6, 6.07) is 5.87. The van der Waals surface area contributed by atoms with E-state index in [9.17, 15) is 0 Å². The first kappa shape index (κ1) is 10.9. The number of hydrogen-bond donors (Lipinski definition) is 0. The van der Waals surface area contributed by atoms with E-state index in [2.05, 4.69) is 30.7 Å². The molecule has 2 heterocycles. The van der Waals surface area contributed by atoms with Crippen LogP contribution in [0.4, 0.5) is 0 Å². The fourth-order valence-corrected chi connectivity index (χ4v) is 1.42. The average Bonchev–Trinajstić information content (AvgIpc) is 2.67. The summed E-state index contributed by atoms with van der Waals surface area (Å²) in [5.41, 5.74) is 0.960. The maximum atomic E-state index is 5.70. The zero-order valence-corrected chi connectivity index (χ0v) is 9.90. The number of pyridine rings is 1. The second-order valence-corrected chi connectivity index (χ2v) is 4.88. The minimum atomic E-state index is -0.0393. The Labute approximate surface area is 95.5 Å². The van der Waals surface area contributed by atoms with Crippen LogP contribution in [0.25, 0.3) is 0 Å². The first-order valence-corrected chi connectivity index (χ1v) is 5.41. The van der Waals surface area contributed by atoms with Crippen LogP contribution in [0.1, 0.15) is 38.1 Å². The van der Waals surface area contributed by atoms with Crippen molar-refractivity contribution in [2.75, 3.05) is 0 Å². The molecule has 2 rings (SSSR count). The standard InChI is InChI=1S/C13H16N2O/c1-13(2,3)12-15-9-11(16-12)8-10-6-4-5-7-14-10/h4-7,9H,8H2,1-3H3. The molecule has 0 N–H and O–H groups in total. The van der Waals surface area contributed by atoms with Gasteiger partial charge in [-0.3, -0.25) is 4.98 Å². The average molecular weight is 216 g/mol. The quantitative estimate of drug-likeness (QED) is 0.774. The Morgan fingerprint density at radius 1 is 1.19 bits per heavy atom. The van der Waals surface area contributed by atoms with E-state index in [-0.39, 0.29) is 5.41 Å². The largest absolute Gasteiger partial charge is 0.445 e. The van der Waals surface area contributed by atoms with E-state index in [0.29, 0.717) is 6.42 Å². The van der Waals surface area contributed by atoms with Crippen molar-refractivity contribution >= 4 is 0 Å². The van der Waals surface area contributed by atoms with Gasteiger partial charge in [-0.2, -0.15) is 0 Å². The molecule has 0 saturated carbocycles. The second kappa shape index (κ2) is 4.08. The van der Waals surface area contributed by atoms with Gasteiger partial charge in [0.25, 0.3) is 0 Å². The van der Waals surface area contributed by atoms with Crippen LogP contribution in [-0.2, 0) is 11.8 Å². The normalized spacial score (nSPS) is 11.7. The van der Waals surface area contributed by atoms with Gasteiger partial charge in [-0.15, -0.1) is 0 Å². The lowest BCUT2D eigenvalue weighted by atomic mass is 9.97. The summed E-state index contributed by atoms with van der Waals surface area (Å²) in [6.45, 7) is 6.26. The van der Waals surface area contributed by atoms with Crippen molar-refractivity contribution in [2.45, 2.75) is 32.6 Å². The summed E-state index contributed by atoms with van der Waals surface area (Å²) < 4.78 is 5.70. The fourth-order valence-electron chi connectivity index (χ4n) is 1.42. The van der Waals surface area contributed by atoms with Crippen LogP contribution in [0.15, 0.2) is 35.0 Å². The van der Waals surface area contributed by atoms with Crippen LogP contribution in [0.3, 0.4) is 0 Å². The monoisotopic (exact) mass is 216 g/mol. The molecular formula is C13H16N2O. The maximum absolute atomic E-state index is 5.70. The molecule has 0 saturated heterocycles. The molecular weight excluding hydrogens is 200 g/mol. The molecule has 0 spiro atoms. The summed E-state index contributed by atoms with van der Waals surface area (Å²) >= 11 is 0. The van der Waals surface area contributed by atoms with Crippen molar-refractivity contribution < 1.29 is 4.42 Å². The van der Waals surface area contributed by atoms with Gasteiger partial charge in [0.05, 0.1) is 6.20 Å².